The molecule has 6 nitrogen and oxygen atoms in total. The van der Waals surface area contributed by atoms with E-state index in [-0.39, 0.29) is 16.5 Å². The minimum atomic E-state index is -3.78. The van der Waals surface area contributed by atoms with Gasteiger partial charge in [0.15, 0.2) is 0 Å². The molecule has 0 radical (unpaired) electrons. The van der Waals surface area contributed by atoms with Gasteiger partial charge < -0.3 is 9.80 Å². The lowest BCUT2D eigenvalue weighted by Gasteiger charge is -2.34. The Morgan fingerprint density at radius 3 is 2.43 bits per heavy atom. The summed E-state index contributed by atoms with van der Waals surface area (Å²) >= 11 is 0. The van der Waals surface area contributed by atoms with Gasteiger partial charge in [0.2, 0.25) is 10.0 Å². The fourth-order valence-corrected chi connectivity index (χ4v) is 5.31. The molecule has 2 fully saturated rings. The van der Waals surface area contributed by atoms with Gasteiger partial charge in [-0.2, -0.15) is 0 Å². The topological polar surface area (TPSA) is 69.7 Å². The predicted molar refractivity (Wildman–Crippen MR) is 106 cm³/mol. The molecule has 8 heteroatoms. The number of hydrogen-bond acceptors (Lipinski definition) is 4. The second-order valence-corrected chi connectivity index (χ2v) is 9.87. The number of nitrogens with one attached hydrogen (secondary N) is 1. The van der Waals surface area contributed by atoms with Crippen LogP contribution in [-0.2, 0) is 10.0 Å². The number of sulfonamides is 1. The van der Waals surface area contributed by atoms with E-state index in [9.17, 15) is 17.6 Å². The van der Waals surface area contributed by atoms with Crippen LogP contribution < -0.4 is 4.72 Å². The van der Waals surface area contributed by atoms with Gasteiger partial charge >= 0.3 is 0 Å². The lowest BCUT2D eigenvalue weighted by molar-refractivity contribution is 0.0668. The zero-order chi connectivity index (χ0) is 20.3. The van der Waals surface area contributed by atoms with Crippen LogP contribution in [0.3, 0.4) is 0 Å². The quantitative estimate of drug-likeness (QED) is 0.781. The molecule has 0 atom stereocenters. The molecule has 0 saturated carbocycles. The molecule has 2 aliphatic heterocycles. The molecule has 1 N–H and O–H groups in total. The summed E-state index contributed by atoms with van der Waals surface area (Å²) in [5.41, 5.74) is -0.176. The van der Waals surface area contributed by atoms with E-state index < -0.39 is 21.7 Å². The molecular weight excluding hydrogens is 381 g/mol. The van der Waals surface area contributed by atoms with Crippen LogP contribution in [-0.4, -0.2) is 62.9 Å². The van der Waals surface area contributed by atoms with Gasteiger partial charge in [-0.25, -0.2) is 17.5 Å². The first-order valence-corrected chi connectivity index (χ1v) is 11.6. The Balaban J connectivity index is 1.66. The van der Waals surface area contributed by atoms with Crippen molar-refractivity contribution in [1.29, 1.82) is 0 Å². The highest BCUT2D eigenvalue weighted by Gasteiger charge is 2.28. The standard InChI is InChI=1S/C20H30FN3O3S/c1-15(2)22-28(26,27)17-5-6-19(21)18(13-17)20(25)24-11-7-16(8-12-24)14-23-9-3-4-10-23/h5-6,13,15-16,22H,3-4,7-12,14H2,1-2H3. The van der Waals surface area contributed by atoms with Crippen LogP contribution in [0.1, 0.15) is 49.9 Å². The van der Waals surface area contributed by atoms with Crippen LogP contribution in [0.25, 0.3) is 0 Å². The van der Waals surface area contributed by atoms with E-state index in [0.717, 1.165) is 44.6 Å². The average molecular weight is 412 g/mol. The third kappa shape index (κ3) is 5.10. The molecule has 2 saturated heterocycles. The minimum Gasteiger partial charge on any atom is -0.339 e. The van der Waals surface area contributed by atoms with Crippen LogP contribution in [0, 0.1) is 11.7 Å². The van der Waals surface area contributed by atoms with Crippen LogP contribution in [0.15, 0.2) is 23.1 Å². The molecule has 0 aromatic heterocycles. The van der Waals surface area contributed by atoms with Crippen molar-refractivity contribution < 1.29 is 17.6 Å². The largest absolute Gasteiger partial charge is 0.339 e. The number of benzene rings is 1. The van der Waals surface area contributed by atoms with Crippen LogP contribution >= 0.6 is 0 Å². The Labute approximate surface area is 167 Å². The smallest absolute Gasteiger partial charge is 0.256 e. The van der Waals surface area contributed by atoms with Crippen molar-refractivity contribution in [1.82, 2.24) is 14.5 Å². The van der Waals surface area contributed by atoms with Gasteiger partial charge in [-0.3, -0.25) is 4.79 Å². The Kier molecular flexibility index (Phi) is 6.73. The molecule has 2 heterocycles. The van der Waals surface area contributed by atoms with E-state index in [1.807, 2.05) is 0 Å². The zero-order valence-corrected chi connectivity index (χ0v) is 17.5. The maximum Gasteiger partial charge on any atom is 0.256 e. The number of nitrogens with zero attached hydrogens (tertiary/aromatic N) is 2. The Hall–Kier alpha value is -1.51. The Morgan fingerprint density at radius 2 is 1.82 bits per heavy atom. The van der Waals surface area contributed by atoms with Gasteiger partial charge in [-0.05, 0) is 76.7 Å². The summed E-state index contributed by atoms with van der Waals surface area (Å²) < 4.78 is 41.5. The van der Waals surface area contributed by atoms with E-state index in [1.54, 1.807) is 18.7 Å². The molecule has 1 amide bonds. The highest BCUT2D eigenvalue weighted by molar-refractivity contribution is 7.89. The molecule has 0 unspecified atom stereocenters. The van der Waals surface area contributed by atoms with Gasteiger partial charge in [-0.1, -0.05) is 0 Å². The molecule has 0 bridgehead atoms. The second kappa shape index (κ2) is 8.88. The molecule has 3 rings (SSSR count). The van der Waals surface area contributed by atoms with Crippen molar-refractivity contribution in [3.05, 3.63) is 29.6 Å². The van der Waals surface area contributed by atoms with Crippen molar-refractivity contribution in [3.8, 4) is 0 Å². The van der Waals surface area contributed by atoms with E-state index in [2.05, 4.69) is 9.62 Å². The molecule has 28 heavy (non-hydrogen) atoms. The lowest BCUT2D eigenvalue weighted by Crippen LogP contribution is -2.41. The first-order valence-electron chi connectivity index (χ1n) is 10.1. The van der Waals surface area contributed by atoms with Gasteiger partial charge in [0.1, 0.15) is 5.82 Å². The number of carbonyl (C=O) groups is 1. The SMILES string of the molecule is CC(C)NS(=O)(=O)c1ccc(F)c(C(=O)N2CCC(CN3CCCC3)CC2)c1. The predicted octanol–water partition coefficient (Wildman–Crippen LogP) is 2.46. The highest BCUT2D eigenvalue weighted by atomic mass is 32.2. The third-order valence-corrected chi connectivity index (χ3v) is 7.14. The fraction of sp³-hybridized carbons (Fsp3) is 0.650. The van der Waals surface area contributed by atoms with Gasteiger partial charge in [0, 0.05) is 25.7 Å². The summed E-state index contributed by atoms with van der Waals surface area (Å²) in [6.45, 7) is 7.98. The second-order valence-electron chi connectivity index (χ2n) is 8.16. The van der Waals surface area contributed by atoms with Crippen LogP contribution in [0.2, 0.25) is 0 Å². The first-order chi connectivity index (χ1) is 13.3. The van der Waals surface area contributed by atoms with Crippen LogP contribution in [0.5, 0.6) is 0 Å². The van der Waals surface area contributed by atoms with Crippen molar-refractivity contribution in [3.63, 3.8) is 0 Å². The molecule has 0 aliphatic carbocycles. The summed E-state index contributed by atoms with van der Waals surface area (Å²) in [4.78, 5) is 16.9. The van der Waals surface area contributed by atoms with E-state index in [0.29, 0.717) is 19.0 Å². The lowest BCUT2D eigenvalue weighted by atomic mass is 9.95. The van der Waals surface area contributed by atoms with E-state index in [1.165, 1.54) is 18.9 Å². The van der Waals surface area contributed by atoms with E-state index >= 15 is 0 Å². The number of rotatable bonds is 6. The number of amides is 1. The molecule has 2 aliphatic rings. The number of halogens is 1. The van der Waals surface area contributed by atoms with Crippen molar-refractivity contribution >= 4 is 15.9 Å². The van der Waals surface area contributed by atoms with Gasteiger partial charge in [0.25, 0.3) is 5.91 Å². The number of carbonyl (C=O) groups excluding carboxylic acids is 1. The Bertz CT molecular complexity index is 799. The molecule has 156 valence electrons. The molecular formula is C20H30FN3O3S. The molecule has 0 spiro atoms. The summed E-state index contributed by atoms with van der Waals surface area (Å²) in [5.74, 6) is -0.555. The normalized spacial score (nSPS) is 19.5. The average Bonchev–Trinajstić information content (AvgIpc) is 3.14. The van der Waals surface area contributed by atoms with Gasteiger partial charge in [0.05, 0.1) is 10.5 Å². The highest BCUT2D eigenvalue weighted by Crippen LogP contribution is 2.23. The fourth-order valence-electron chi connectivity index (χ4n) is 4.03. The van der Waals surface area contributed by atoms with E-state index in [4.69, 9.17) is 0 Å². The first kappa shape index (κ1) is 21.2. The number of piperidine rings is 1. The number of likely N-dealkylation sites (tertiary alicyclic amines) is 2. The maximum absolute atomic E-state index is 14.3. The van der Waals surface area contributed by atoms with Crippen molar-refractivity contribution in [2.45, 2.75) is 50.5 Å². The summed E-state index contributed by atoms with van der Waals surface area (Å²) in [7, 11) is -3.78. The summed E-state index contributed by atoms with van der Waals surface area (Å²) in [6.07, 6.45) is 4.33. The molecule has 1 aromatic carbocycles. The van der Waals surface area contributed by atoms with Gasteiger partial charge in [-0.15, -0.1) is 0 Å². The van der Waals surface area contributed by atoms with Crippen molar-refractivity contribution in [2.24, 2.45) is 5.92 Å². The Morgan fingerprint density at radius 1 is 1.18 bits per heavy atom. The van der Waals surface area contributed by atoms with Crippen LogP contribution in [0.4, 0.5) is 4.39 Å². The zero-order valence-electron chi connectivity index (χ0n) is 16.7. The molecule has 1 aromatic rings. The summed E-state index contributed by atoms with van der Waals surface area (Å²) in [6, 6.07) is 3.11. The maximum atomic E-state index is 14.3. The van der Waals surface area contributed by atoms with Crippen molar-refractivity contribution in [2.75, 3.05) is 32.7 Å². The summed E-state index contributed by atoms with van der Waals surface area (Å²) in [5, 5.41) is 0. The monoisotopic (exact) mass is 411 g/mol. The number of hydrogen-bond donors (Lipinski definition) is 1. The minimum absolute atomic E-state index is 0.0881. The third-order valence-electron chi connectivity index (χ3n) is 5.49.